The van der Waals surface area contributed by atoms with Crippen LogP contribution in [-0.2, 0) is 6.42 Å². The van der Waals surface area contributed by atoms with Gasteiger partial charge in [-0.3, -0.25) is 4.98 Å². The third-order valence-electron chi connectivity index (χ3n) is 5.53. The number of rotatable bonds is 8. The Bertz CT molecular complexity index is 1240. The predicted molar refractivity (Wildman–Crippen MR) is 125 cm³/mol. The number of nitrogens with zero attached hydrogens (tertiary/aromatic N) is 5. The maximum absolute atomic E-state index is 9.04. The van der Waals surface area contributed by atoms with Crippen LogP contribution in [0.25, 0.3) is 22.3 Å². The maximum atomic E-state index is 9.04. The number of aromatic amines is 1. The fraction of sp³-hybridized carbons (Fsp3) is 0.333. The van der Waals surface area contributed by atoms with Crippen LogP contribution in [0.1, 0.15) is 28.8 Å². The molecule has 0 spiro atoms. The van der Waals surface area contributed by atoms with Crippen LogP contribution in [0.5, 0.6) is 5.88 Å². The molecule has 4 rings (SSSR count). The third kappa shape index (κ3) is 4.40. The van der Waals surface area contributed by atoms with Crippen LogP contribution in [0.15, 0.2) is 36.8 Å². The topological polar surface area (TPSA) is 100 Å². The van der Waals surface area contributed by atoms with Gasteiger partial charge in [0.25, 0.3) is 0 Å². The van der Waals surface area contributed by atoms with Crippen molar-refractivity contribution in [2.24, 2.45) is 0 Å². The number of aryl methyl sites for hydroxylation is 2. The van der Waals surface area contributed by atoms with Gasteiger partial charge >= 0.3 is 0 Å². The number of hydrogen-bond donors (Lipinski definition) is 2. The summed E-state index contributed by atoms with van der Waals surface area (Å²) in [4.78, 5) is 23.4. The lowest BCUT2D eigenvalue weighted by Crippen LogP contribution is -2.22. The monoisotopic (exact) mass is 432 g/mol. The SMILES string of the molecule is COc1nc(N(C)CCCO)ncc1-c1ccc(Cc2c[nH]c3ncc(C)cc23)c(C)n1. The van der Waals surface area contributed by atoms with E-state index in [2.05, 4.69) is 39.0 Å². The molecule has 0 bridgehead atoms. The molecule has 32 heavy (non-hydrogen) atoms. The summed E-state index contributed by atoms with van der Waals surface area (Å²) in [6.45, 7) is 4.86. The predicted octanol–water partition coefficient (Wildman–Crippen LogP) is 3.45. The number of aliphatic hydroxyl groups excluding tert-OH is 1. The average Bonchev–Trinajstić information content (AvgIpc) is 3.20. The van der Waals surface area contributed by atoms with E-state index in [0.29, 0.717) is 24.8 Å². The van der Waals surface area contributed by atoms with Crippen molar-refractivity contribution >= 4 is 17.0 Å². The molecule has 0 unspecified atom stereocenters. The first kappa shape index (κ1) is 21.7. The molecular formula is C24H28N6O2. The van der Waals surface area contributed by atoms with E-state index >= 15 is 0 Å². The van der Waals surface area contributed by atoms with Crippen LogP contribution in [0.2, 0.25) is 0 Å². The highest BCUT2D eigenvalue weighted by Gasteiger charge is 2.15. The molecule has 0 aliphatic carbocycles. The van der Waals surface area contributed by atoms with E-state index in [0.717, 1.165) is 45.5 Å². The Morgan fingerprint density at radius 2 is 1.94 bits per heavy atom. The number of H-pyrrole nitrogens is 1. The highest BCUT2D eigenvalue weighted by atomic mass is 16.5. The fourth-order valence-electron chi connectivity index (χ4n) is 3.72. The minimum absolute atomic E-state index is 0.129. The molecule has 8 nitrogen and oxygen atoms in total. The molecule has 0 radical (unpaired) electrons. The van der Waals surface area contributed by atoms with Gasteiger partial charge in [0.15, 0.2) is 0 Å². The number of pyridine rings is 2. The first-order valence-electron chi connectivity index (χ1n) is 10.6. The van der Waals surface area contributed by atoms with Crippen LogP contribution < -0.4 is 9.64 Å². The Hall–Kier alpha value is -3.52. The zero-order chi connectivity index (χ0) is 22.7. The Labute approximate surface area is 187 Å². The highest BCUT2D eigenvalue weighted by molar-refractivity contribution is 5.80. The number of anilines is 1. The van der Waals surface area contributed by atoms with E-state index in [4.69, 9.17) is 14.8 Å². The number of aliphatic hydroxyl groups is 1. The number of ether oxygens (including phenoxy) is 1. The molecule has 0 saturated heterocycles. The Morgan fingerprint density at radius 3 is 2.69 bits per heavy atom. The molecular weight excluding hydrogens is 404 g/mol. The summed E-state index contributed by atoms with van der Waals surface area (Å²) < 4.78 is 5.53. The molecule has 4 heterocycles. The van der Waals surface area contributed by atoms with Crippen LogP contribution >= 0.6 is 0 Å². The molecule has 0 aliphatic rings. The zero-order valence-electron chi connectivity index (χ0n) is 18.9. The summed E-state index contributed by atoms with van der Waals surface area (Å²) in [5.41, 5.74) is 6.85. The van der Waals surface area contributed by atoms with Crippen molar-refractivity contribution in [1.29, 1.82) is 0 Å². The van der Waals surface area contributed by atoms with Crippen molar-refractivity contribution in [3.8, 4) is 17.1 Å². The minimum atomic E-state index is 0.129. The van der Waals surface area contributed by atoms with Crippen molar-refractivity contribution in [3.05, 3.63) is 59.2 Å². The van der Waals surface area contributed by atoms with Gasteiger partial charge in [0, 0.05) is 56.3 Å². The van der Waals surface area contributed by atoms with Crippen molar-refractivity contribution in [2.45, 2.75) is 26.7 Å². The third-order valence-corrected chi connectivity index (χ3v) is 5.53. The number of aromatic nitrogens is 5. The van der Waals surface area contributed by atoms with Gasteiger partial charge in [0.2, 0.25) is 11.8 Å². The molecule has 0 fully saturated rings. The summed E-state index contributed by atoms with van der Waals surface area (Å²) in [5, 5.41) is 10.2. The highest BCUT2D eigenvalue weighted by Crippen LogP contribution is 2.29. The number of hydrogen-bond acceptors (Lipinski definition) is 7. The van der Waals surface area contributed by atoms with E-state index in [1.165, 1.54) is 5.56 Å². The van der Waals surface area contributed by atoms with Gasteiger partial charge in [0.1, 0.15) is 5.65 Å². The van der Waals surface area contributed by atoms with E-state index in [9.17, 15) is 0 Å². The molecule has 2 N–H and O–H groups in total. The van der Waals surface area contributed by atoms with Gasteiger partial charge in [-0.25, -0.2) is 9.97 Å². The van der Waals surface area contributed by atoms with Crippen molar-refractivity contribution in [2.75, 3.05) is 32.2 Å². The second-order valence-corrected chi connectivity index (χ2v) is 7.93. The van der Waals surface area contributed by atoms with Crippen LogP contribution in [0.3, 0.4) is 0 Å². The number of nitrogens with one attached hydrogen (secondary N) is 1. The van der Waals surface area contributed by atoms with Crippen LogP contribution in [0, 0.1) is 13.8 Å². The van der Waals surface area contributed by atoms with E-state index < -0.39 is 0 Å². The van der Waals surface area contributed by atoms with Gasteiger partial charge < -0.3 is 19.7 Å². The molecule has 0 amide bonds. The normalized spacial score (nSPS) is 11.2. The Morgan fingerprint density at radius 1 is 1.09 bits per heavy atom. The van der Waals surface area contributed by atoms with Crippen LogP contribution in [-0.4, -0.2) is 57.3 Å². The van der Waals surface area contributed by atoms with Gasteiger partial charge in [-0.05, 0) is 49.1 Å². The summed E-state index contributed by atoms with van der Waals surface area (Å²) >= 11 is 0. The summed E-state index contributed by atoms with van der Waals surface area (Å²) in [6.07, 6.45) is 7.06. The molecule has 0 saturated carbocycles. The number of fused-ring (bicyclic) bond motifs is 1. The molecule has 166 valence electrons. The van der Waals surface area contributed by atoms with E-state index in [1.54, 1.807) is 13.3 Å². The van der Waals surface area contributed by atoms with Crippen molar-refractivity contribution in [1.82, 2.24) is 24.9 Å². The van der Waals surface area contributed by atoms with Crippen molar-refractivity contribution in [3.63, 3.8) is 0 Å². The quantitative estimate of drug-likeness (QED) is 0.440. The largest absolute Gasteiger partial charge is 0.480 e. The van der Waals surface area contributed by atoms with Gasteiger partial charge in [0.05, 0.1) is 18.4 Å². The molecule has 0 aliphatic heterocycles. The molecule has 0 aromatic carbocycles. The van der Waals surface area contributed by atoms with Gasteiger partial charge in [-0.1, -0.05) is 6.07 Å². The first-order chi connectivity index (χ1) is 15.5. The van der Waals surface area contributed by atoms with E-state index in [-0.39, 0.29) is 6.61 Å². The minimum Gasteiger partial charge on any atom is -0.480 e. The zero-order valence-corrected chi connectivity index (χ0v) is 18.9. The summed E-state index contributed by atoms with van der Waals surface area (Å²) in [6, 6.07) is 6.24. The molecule has 4 aromatic rings. The fourth-order valence-corrected chi connectivity index (χ4v) is 3.72. The lowest BCUT2D eigenvalue weighted by Gasteiger charge is -2.18. The molecule has 8 heteroatoms. The average molecular weight is 433 g/mol. The molecule has 0 atom stereocenters. The Balaban J connectivity index is 1.60. The van der Waals surface area contributed by atoms with Gasteiger partial charge in [-0.2, -0.15) is 4.98 Å². The van der Waals surface area contributed by atoms with Gasteiger partial charge in [-0.15, -0.1) is 0 Å². The lowest BCUT2D eigenvalue weighted by atomic mass is 10.0. The first-order valence-corrected chi connectivity index (χ1v) is 10.6. The summed E-state index contributed by atoms with van der Waals surface area (Å²) in [5.74, 6) is 1.03. The number of methoxy groups -OCH3 is 1. The second-order valence-electron chi connectivity index (χ2n) is 7.93. The van der Waals surface area contributed by atoms with Crippen LogP contribution in [0.4, 0.5) is 5.95 Å². The maximum Gasteiger partial charge on any atom is 0.228 e. The smallest absolute Gasteiger partial charge is 0.228 e. The van der Waals surface area contributed by atoms with E-state index in [1.807, 2.05) is 37.3 Å². The standard InChI is InChI=1S/C24H28N6O2/c1-15-10-19-18(13-26-22(19)25-12-15)11-17-6-7-21(28-16(17)2)20-14-27-24(29-23(20)32-4)30(3)8-5-9-31/h6-7,10,12-14,31H,5,8-9,11H2,1-4H3,(H,25,26). The molecule has 4 aromatic heterocycles. The second kappa shape index (κ2) is 9.32. The lowest BCUT2D eigenvalue weighted by molar-refractivity contribution is 0.290. The summed E-state index contributed by atoms with van der Waals surface area (Å²) in [7, 11) is 3.49. The van der Waals surface area contributed by atoms with Crippen molar-refractivity contribution < 1.29 is 9.84 Å². The Kier molecular flexibility index (Phi) is 6.32.